The molecule has 0 aliphatic rings. The number of carbonyl (C=O) groups is 1. The van der Waals surface area contributed by atoms with Gasteiger partial charge in [-0.3, -0.25) is 4.79 Å². The lowest BCUT2D eigenvalue weighted by Gasteiger charge is -2.11. The number of rotatable bonds is 5. The van der Waals surface area contributed by atoms with Gasteiger partial charge in [-0.2, -0.15) is 0 Å². The average molecular weight is 339 g/mol. The van der Waals surface area contributed by atoms with Gasteiger partial charge in [-0.25, -0.2) is 9.97 Å². The molecule has 2 rings (SSSR count). The Morgan fingerprint density at radius 2 is 1.82 bits per heavy atom. The first-order valence-corrected chi connectivity index (χ1v) is 7.51. The lowest BCUT2D eigenvalue weighted by Crippen LogP contribution is -2.26. The molecule has 1 amide bonds. The Morgan fingerprint density at radius 3 is 2.45 bits per heavy atom. The zero-order valence-electron chi connectivity index (χ0n) is 12.3. The van der Waals surface area contributed by atoms with Crippen molar-refractivity contribution in [2.24, 2.45) is 0 Å². The maximum Gasteiger partial charge on any atom is 0.216 e. The Hall–Kier alpha value is -1.85. The van der Waals surface area contributed by atoms with Crippen LogP contribution < -0.4 is 10.6 Å². The minimum atomic E-state index is -0.0684. The van der Waals surface area contributed by atoms with Crippen molar-refractivity contribution in [3.05, 3.63) is 40.0 Å². The largest absolute Gasteiger partial charge is 0.368 e. The lowest BCUT2D eigenvalue weighted by atomic mass is 10.2. The van der Waals surface area contributed by atoms with Gasteiger partial charge in [0.1, 0.15) is 11.0 Å². The number of hydrogen-bond donors (Lipinski definition) is 2. The maximum atomic E-state index is 10.8. The van der Waals surface area contributed by atoms with Gasteiger partial charge in [0.2, 0.25) is 5.91 Å². The van der Waals surface area contributed by atoms with Crippen LogP contribution in [-0.2, 0) is 4.79 Å². The first-order valence-electron chi connectivity index (χ1n) is 6.75. The predicted octanol–water partition coefficient (Wildman–Crippen LogP) is 3.31. The fourth-order valence-corrected chi connectivity index (χ4v) is 2.10. The van der Waals surface area contributed by atoms with Crippen LogP contribution in [0.4, 0.5) is 5.82 Å². The van der Waals surface area contributed by atoms with Crippen molar-refractivity contribution in [3.63, 3.8) is 0 Å². The summed E-state index contributed by atoms with van der Waals surface area (Å²) >= 11 is 12.1. The van der Waals surface area contributed by atoms with Gasteiger partial charge in [-0.05, 0) is 31.2 Å². The summed E-state index contributed by atoms with van der Waals surface area (Å²) in [6.45, 7) is 4.38. The molecular formula is C15H16Cl2N4O. The molecule has 0 fully saturated rings. The standard InChI is InChI=1S/C15H16Cl2N4O/c1-9-13(17)20-15(11-3-5-12(16)6-4-11)21-14(9)19-8-7-18-10(2)22/h3-6H,7-8H2,1-2H3,(H,18,22)(H,19,20,21). The summed E-state index contributed by atoms with van der Waals surface area (Å²) in [5.41, 5.74) is 1.60. The number of nitrogens with one attached hydrogen (secondary N) is 2. The third-order valence-electron chi connectivity index (χ3n) is 2.98. The van der Waals surface area contributed by atoms with E-state index in [0.717, 1.165) is 11.1 Å². The van der Waals surface area contributed by atoms with Gasteiger partial charge in [-0.15, -0.1) is 0 Å². The Labute approximate surface area is 139 Å². The number of halogens is 2. The zero-order valence-corrected chi connectivity index (χ0v) is 13.8. The fourth-order valence-electron chi connectivity index (χ4n) is 1.81. The monoisotopic (exact) mass is 338 g/mol. The Balaban J connectivity index is 2.19. The van der Waals surface area contributed by atoms with Crippen LogP contribution >= 0.6 is 23.2 Å². The molecule has 0 spiro atoms. The van der Waals surface area contributed by atoms with Crippen molar-refractivity contribution in [1.82, 2.24) is 15.3 Å². The molecule has 1 aromatic heterocycles. The molecule has 0 radical (unpaired) electrons. The molecule has 0 unspecified atom stereocenters. The Morgan fingerprint density at radius 1 is 1.14 bits per heavy atom. The molecule has 2 N–H and O–H groups in total. The Kier molecular flexibility index (Phi) is 5.57. The summed E-state index contributed by atoms with van der Waals surface area (Å²) in [5, 5.41) is 6.90. The van der Waals surface area contributed by atoms with Crippen molar-refractivity contribution in [2.75, 3.05) is 18.4 Å². The van der Waals surface area contributed by atoms with Crippen molar-refractivity contribution in [1.29, 1.82) is 0 Å². The predicted molar refractivity (Wildman–Crippen MR) is 89.4 cm³/mol. The van der Waals surface area contributed by atoms with Crippen LogP contribution in [0.5, 0.6) is 0 Å². The van der Waals surface area contributed by atoms with E-state index in [4.69, 9.17) is 23.2 Å². The normalized spacial score (nSPS) is 10.4. The summed E-state index contributed by atoms with van der Waals surface area (Å²) in [5.74, 6) is 1.10. The zero-order chi connectivity index (χ0) is 16.1. The second-order valence-electron chi connectivity index (χ2n) is 4.73. The molecular weight excluding hydrogens is 323 g/mol. The third kappa shape index (κ3) is 4.32. The SMILES string of the molecule is CC(=O)NCCNc1nc(-c2ccc(Cl)cc2)nc(Cl)c1C. The maximum absolute atomic E-state index is 10.8. The first-order chi connectivity index (χ1) is 10.5. The highest BCUT2D eigenvalue weighted by Gasteiger charge is 2.10. The first kappa shape index (κ1) is 16.5. The van der Waals surface area contributed by atoms with Crippen molar-refractivity contribution < 1.29 is 4.79 Å². The van der Waals surface area contributed by atoms with Crippen molar-refractivity contribution in [3.8, 4) is 11.4 Å². The number of aromatic nitrogens is 2. The van der Waals surface area contributed by atoms with Crippen LogP contribution in [0.15, 0.2) is 24.3 Å². The number of amides is 1. The molecule has 0 atom stereocenters. The molecule has 5 nitrogen and oxygen atoms in total. The summed E-state index contributed by atoms with van der Waals surface area (Å²) < 4.78 is 0. The van der Waals surface area contributed by atoms with E-state index in [1.54, 1.807) is 12.1 Å². The topological polar surface area (TPSA) is 66.9 Å². The van der Waals surface area contributed by atoms with Gasteiger partial charge in [0, 0.05) is 36.2 Å². The minimum absolute atomic E-state index is 0.0684. The second kappa shape index (κ2) is 7.42. The summed E-state index contributed by atoms with van der Waals surface area (Å²) in [6.07, 6.45) is 0. The molecule has 0 saturated carbocycles. The minimum Gasteiger partial charge on any atom is -0.368 e. The van der Waals surface area contributed by atoms with Crippen LogP contribution in [-0.4, -0.2) is 29.0 Å². The van der Waals surface area contributed by atoms with Crippen molar-refractivity contribution in [2.45, 2.75) is 13.8 Å². The number of anilines is 1. The van der Waals surface area contributed by atoms with E-state index in [1.807, 2.05) is 19.1 Å². The molecule has 1 aromatic carbocycles. The molecule has 7 heteroatoms. The smallest absolute Gasteiger partial charge is 0.216 e. The molecule has 0 bridgehead atoms. The fraction of sp³-hybridized carbons (Fsp3) is 0.267. The highest BCUT2D eigenvalue weighted by Crippen LogP contribution is 2.25. The van der Waals surface area contributed by atoms with E-state index in [0.29, 0.717) is 34.9 Å². The summed E-state index contributed by atoms with van der Waals surface area (Å²) in [7, 11) is 0. The van der Waals surface area contributed by atoms with E-state index in [9.17, 15) is 4.79 Å². The average Bonchev–Trinajstić information content (AvgIpc) is 2.48. The van der Waals surface area contributed by atoms with Gasteiger partial charge >= 0.3 is 0 Å². The number of hydrogen-bond acceptors (Lipinski definition) is 4. The van der Waals surface area contributed by atoms with Gasteiger partial charge in [-0.1, -0.05) is 23.2 Å². The van der Waals surface area contributed by atoms with Crippen LogP contribution in [0.3, 0.4) is 0 Å². The third-order valence-corrected chi connectivity index (χ3v) is 3.60. The molecule has 0 aliphatic heterocycles. The lowest BCUT2D eigenvalue weighted by molar-refractivity contribution is -0.118. The van der Waals surface area contributed by atoms with Gasteiger partial charge < -0.3 is 10.6 Å². The van der Waals surface area contributed by atoms with Crippen LogP contribution in [0.2, 0.25) is 10.2 Å². The number of benzene rings is 1. The summed E-state index contributed by atoms with van der Waals surface area (Å²) in [6, 6.07) is 7.23. The van der Waals surface area contributed by atoms with Gasteiger partial charge in [0.15, 0.2) is 5.82 Å². The van der Waals surface area contributed by atoms with E-state index in [-0.39, 0.29) is 5.91 Å². The van der Waals surface area contributed by atoms with Gasteiger partial charge in [0.25, 0.3) is 0 Å². The van der Waals surface area contributed by atoms with Crippen LogP contribution in [0, 0.1) is 6.92 Å². The molecule has 2 aromatic rings. The second-order valence-corrected chi connectivity index (χ2v) is 5.52. The van der Waals surface area contributed by atoms with E-state index in [1.165, 1.54) is 6.92 Å². The quantitative estimate of drug-likeness (QED) is 0.648. The van der Waals surface area contributed by atoms with Crippen LogP contribution in [0.25, 0.3) is 11.4 Å². The molecule has 116 valence electrons. The summed E-state index contributed by atoms with van der Waals surface area (Å²) in [4.78, 5) is 19.6. The highest BCUT2D eigenvalue weighted by molar-refractivity contribution is 6.31. The van der Waals surface area contributed by atoms with Gasteiger partial charge in [0.05, 0.1) is 0 Å². The van der Waals surface area contributed by atoms with E-state index in [2.05, 4.69) is 20.6 Å². The highest BCUT2D eigenvalue weighted by atomic mass is 35.5. The molecule has 0 aliphatic carbocycles. The molecule has 22 heavy (non-hydrogen) atoms. The van der Waals surface area contributed by atoms with Crippen LogP contribution in [0.1, 0.15) is 12.5 Å². The molecule has 1 heterocycles. The number of carbonyl (C=O) groups excluding carboxylic acids is 1. The number of nitrogens with zero attached hydrogens (tertiary/aromatic N) is 2. The van der Waals surface area contributed by atoms with E-state index >= 15 is 0 Å². The molecule has 0 saturated heterocycles. The Bertz CT molecular complexity index is 674. The van der Waals surface area contributed by atoms with E-state index < -0.39 is 0 Å². The van der Waals surface area contributed by atoms with Crippen molar-refractivity contribution >= 4 is 34.9 Å².